The van der Waals surface area contributed by atoms with Crippen LogP contribution in [-0.2, 0) is 37.9 Å². The van der Waals surface area contributed by atoms with Gasteiger partial charge in [0.1, 0.15) is 0 Å². The van der Waals surface area contributed by atoms with Crippen LogP contribution < -0.4 is 0 Å². The molecular formula is C34H68O9. The van der Waals surface area contributed by atoms with Crippen molar-refractivity contribution in [2.24, 2.45) is 0 Å². The molecule has 0 saturated carbocycles. The van der Waals surface area contributed by atoms with E-state index >= 15 is 0 Å². The van der Waals surface area contributed by atoms with Crippen molar-refractivity contribution in [1.82, 2.24) is 0 Å². The van der Waals surface area contributed by atoms with Gasteiger partial charge in [-0.05, 0) is 32.1 Å². The lowest BCUT2D eigenvalue weighted by Gasteiger charge is -2.08. The number of aliphatic hydroxyl groups excluding tert-OH is 1. The Balaban J connectivity index is 3.06. The fourth-order valence-corrected chi connectivity index (χ4v) is 4.16. The Labute approximate surface area is 264 Å². The zero-order valence-electron chi connectivity index (χ0n) is 27.8. The van der Waals surface area contributed by atoms with Gasteiger partial charge in [-0.1, -0.05) is 76.9 Å². The van der Waals surface area contributed by atoms with Crippen molar-refractivity contribution < 1.29 is 43.0 Å². The maximum atomic E-state index is 8.58. The first-order valence-electron chi connectivity index (χ1n) is 17.3. The zero-order valence-corrected chi connectivity index (χ0v) is 27.8. The molecule has 0 unspecified atom stereocenters. The molecule has 0 aliphatic heterocycles. The third-order valence-electron chi connectivity index (χ3n) is 6.64. The van der Waals surface area contributed by atoms with E-state index in [1.165, 1.54) is 83.5 Å². The molecule has 0 amide bonds. The largest absolute Gasteiger partial charge is 0.394 e. The maximum Gasteiger partial charge on any atom is 0.0701 e. The molecule has 0 saturated heterocycles. The van der Waals surface area contributed by atoms with E-state index in [0.717, 1.165) is 13.0 Å². The molecule has 0 aromatic carbocycles. The molecule has 0 atom stereocenters. The molecule has 0 aromatic rings. The molecule has 0 fully saturated rings. The van der Waals surface area contributed by atoms with E-state index in [0.29, 0.717) is 99.1 Å². The highest BCUT2D eigenvalue weighted by Crippen LogP contribution is 2.10. The number of aliphatic hydroxyl groups is 1. The van der Waals surface area contributed by atoms with Crippen molar-refractivity contribution in [3.8, 4) is 0 Å². The number of unbranched alkanes of at least 4 members (excludes halogenated alkanes) is 12. The Hall–Kier alpha value is -0.620. The van der Waals surface area contributed by atoms with Crippen molar-refractivity contribution in [3.63, 3.8) is 0 Å². The molecule has 0 aromatic heterocycles. The van der Waals surface area contributed by atoms with Gasteiger partial charge in [0.15, 0.2) is 0 Å². The summed E-state index contributed by atoms with van der Waals surface area (Å²) < 4.78 is 43.5. The standard InChI is InChI=1S/C34H68O9/c1-2-3-4-5-6-7-8-9-10-11-12-13-14-15-16-17-19-36-21-23-38-25-27-40-29-31-42-33-34-43-32-30-41-28-26-39-24-22-37-20-18-35/h9-10,35H,2-8,11-34H2,1H3/b10-9+. The van der Waals surface area contributed by atoms with Crippen molar-refractivity contribution in [1.29, 1.82) is 0 Å². The summed E-state index contributed by atoms with van der Waals surface area (Å²) in [7, 11) is 0. The number of hydrogen-bond donors (Lipinski definition) is 1. The average Bonchev–Trinajstić information content (AvgIpc) is 3.02. The van der Waals surface area contributed by atoms with Gasteiger partial charge in [-0.15, -0.1) is 0 Å². The van der Waals surface area contributed by atoms with Crippen LogP contribution in [0.25, 0.3) is 0 Å². The average molecular weight is 621 g/mol. The van der Waals surface area contributed by atoms with Crippen molar-refractivity contribution in [3.05, 3.63) is 12.2 Å². The minimum absolute atomic E-state index is 0.0344. The van der Waals surface area contributed by atoms with E-state index in [1.54, 1.807) is 0 Å². The minimum atomic E-state index is 0.0344. The van der Waals surface area contributed by atoms with Gasteiger partial charge in [0, 0.05) is 6.61 Å². The summed E-state index contributed by atoms with van der Waals surface area (Å²) in [6, 6.07) is 0. The van der Waals surface area contributed by atoms with Gasteiger partial charge < -0.3 is 43.0 Å². The van der Waals surface area contributed by atoms with Gasteiger partial charge in [-0.25, -0.2) is 0 Å². The second kappa shape index (κ2) is 41.4. The normalized spacial score (nSPS) is 11.8. The Morgan fingerprint density at radius 1 is 0.326 bits per heavy atom. The molecule has 9 nitrogen and oxygen atoms in total. The minimum Gasteiger partial charge on any atom is -0.394 e. The molecule has 0 heterocycles. The van der Waals surface area contributed by atoms with Crippen LogP contribution in [0.5, 0.6) is 0 Å². The van der Waals surface area contributed by atoms with E-state index in [2.05, 4.69) is 19.1 Å². The summed E-state index contributed by atoms with van der Waals surface area (Å²) in [6.45, 7) is 11.1. The third-order valence-corrected chi connectivity index (χ3v) is 6.64. The van der Waals surface area contributed by atoms with Gasteiger partial charge in [0.2, 0.25) is 0 Å². The molecule has 258 valence electrons. The van der Waals surface area contributed by atoms with Crippen LogP contribution in [0.2, 0.25) is 0 Å². The number of allylic oxidation sites excluding steroid dienone is 2. The van der Waals surface area contributed by atoms with E-state index in [1.807, 2.05) is 0 Å². The monoisotopic (exact) mass is 620 g/mol. The first-order valence-corrected chi connectivity index (χ1v) is 17.3. The van der Waals surface area contributed by atoms with Gasteiger partial charge in [-0.3, -0.25) is 0 Å². The Bertz CT molecular complexity index is 508. The third kappa shape index (κ3) is 41.4. The molecule has 0 bridgehead atoms. The molecular weight excluding hydrogens is 552 g/mol. The van der Waals surface area contributed by atoms with Gasteiger partial charge >= 0.3 is 0 Å². The molecule has 1 N–H and O–H groups in total. The van der Waals surface area contributed by atoms with E-state index < -0.39 is 0 Å². The molecule has 0 radical (unpaired) electrons. The summed E-state index contributed by atoms with van der Waals surface area (Å²) in [6.07, 6.45) is 23.3. The van der Waals surface area contributed by atoms with Crippen molar-refractivity contribution in [2.45, 2.75) is 96.8 Å². The number of hydrogen-bond acceptors (Lipinski definition) is 9. The molecule has 0 aliphatic carbocycles. The van der Waals surface area contributed by atoms with Gasteiger partial charge in [0.25, 0.3) is 0 Å². The van der Waals surface area contributed by atoms with Crippen LogP contribution in [-0.4, -0.2) is 117 Å². The summed E-state index contributed by atoms with van der Waals surface area (Å²) in [5.74, 6) is 0. The van der Waals surface area contributed by atoms with Crippen LogP contribution in [0.4, 0.5) is 0 Å². The summed E-state index contributed by atoms with van der Waals surface area (Å²) >= 11 is 0. The lowest BCUT2D eigenvalue weighted by molar-refractivity contribution is -0.0238. The van der Waals surface area contributed by atoms with Gasteiger partial charge in [0.05, 0.1) is 106 Å². The van der Waals surface area contributed by atoms with Crippen molar-refractivity contribution >= 4 is 0 Å². The van der Waals surface area contributed by atoms with E-state index in [4.69, 9.17) is 43.0 Å². The van der Waals surface area contributed by atoms with E-state index in [-0.39, 0.29) is 6.61 Å². The molecule has 43 heavy (non-hydrogen) atoms. The second-order valence-electron chi connectivity index (χ2n) is 10.6. The van der Waals surface area contributed by atoms with Crippen LogP contribution in [0.1, 0.15) is 96.8 Å². The smallest absolute Gasteiger partial charge is 0.0701 e. The summed E-state index contributed by atoms with van der Waals surface area (Å²) in [5, 5.41) is 8.58. The second-order valence-corrected chi connectivity index (χ2v) is 10.6. The number of rotatable bonds is 39. The highest BCUT2D eigenvalue weighted by atomic mass is 16.6. The summed E-state index contributed by atoms with van der Waals surface area (Å²) in [4.78, 5) is 0. The topological polar surface area (TPSA) is 94.1 Å². The highest BCUT2D eigenvalue weighted by molar-refractivity contribution is 4.81. The number of ether oxygens (including phenoxy) is 8. The summed E-state index contributed by atoms with van der Waals surface area (Å²) in [5.41, 5.74) is 0. The van der Waals surface area contributed by atoms with Crippen LogP contribution in [0, 0.1) is 0 Å². The molecule has 0 aliphatic rings. The van der Waals surface area contributed by atoms with Crippen LogP contribution in [0.3, 0.4) is 0 Å². The maximum absolute atomic E-state index is 8.58. The molecule has 0 spiro atoms. The van der Waals surface area contributed by atoms with Gasteiger partial charge in [-0.2, -0.15) is 0 Å². The fraction of sp³-hybridized carbons (Fsp3) is 0.941. The fourth-order valence-electron chi connectivity index (χ4n) is 4.16. The Morgan fingerprint density at radius 2 is 0.605 bits per heavy atom. The first-order chi connectivity index (χ1) is 21.4. The SMILES string of the molecule is CCCCCCCC/C=C/CCCCCCCCOCCOCCOCCOCCOCCOCCOCCOCCO. The Morgan fingerprint density at radius 3 is 0.953 bits per heavy atom. The predicted molar refractivity (Wildman–Crippen MR) is 173 cm³/mol. The lowest BCUT2D eigenvalue weighted by Crippen LogP contribution is -2.15. The van der Waals surface area contributed by atoms with Crippen LogP contribution >= 0.6 is 0 Å². The molecule has 0 rings (SSSR count). The molecule has 9 heteroatoms. The van der Waals surface area contributed by atoms with E-state index in [9.17, 15) is 0 Å². The quantitative estimate of drug-likeness (QED) is 0.0642. The first kappa shape index (κ1) is 42.4. The van der Waals surface area contributed by atoms with Crippen LogP contribution in [0.15, 0.2) is 12.2 Å². The lowest BCUT2D eigenvalue weighted by atomic mass is 10.1. The predicted octanol–water partition coefficient (Wildman–Crippen LogP) is 6.15. The Kier molecular flexibility index (Phi) is 40.8. The highest BCUT2D eigenvalue weighted by Gasteiger charge is 1.96. The zero-order chi connectivity index (χ0) is 31.0. The van der Waals surface area contributed by atoms with Crippen molar-refractivity contribution in [2.75, 3.05) is 112 Å².